The summed E-state index contributed by atoms with van der Waals surface area (Å²) in [4.78, 5) is 10.0. The van der Waals surface area contributed by atoms with Crippen LogP contribution in [0.5, 0.6) is 0 Å². The number of rotatable bonds is 1. The molecule has 13 heavy (non-hydrogen) atoms. The van der Waals surface area contributed by atoms with Crippen molar-refractivity contribution in [1.29, 1.82) is 0 Å². The summed E-state index contributed by atoms with van der Waals surface area (Å²) in [7, 11) is 0. The maximum Gasteiger partial charge on any atom is 0.312 e. The van der Waals surface area contributed by atoms with Gasteiger partial charge in [-0.15, -0.1) is 0 Å². The molecule has 1 unspecified atom stereocenters. The quantitative estimate of drug-likeness (QED) is 0.511. The minimum atomic E-state index is -0.739. The average Bonchev–Trinajstić information content (AvgIpc) is 2.49. The van der Waals surface area contributed by atoms with Crippen LogP contribution in [-0.4, -0.2) is 19.8 Å². The minimum absolute atomic E-state index is 0.0767. The summed E-state index contributed by atoms with van der Waals surface area (Å²) in [5.41, 5.74) is 0.267. The van der Waals surface area contributed by atoms with Gasteiger partial charge in [0.2, 0.25) is 0 Å². The second-order valence-electron chi connectivity index (χ2n) is 3.05. The lowest BCUT2D eigenvalue weighted by molar-refractivity contribution is -0.386. The van der Waals surface area contributed by atoms with Gasteiger partial charge in [0.05, 0.1) is 4.92 Å². The van der Waals surface area contributed by atoms with E-state index < -0.39 is 11.0 Å². The Morgan fingerprint density at radius 1 is 1.77 bits per heavy atom. The molecule has 1 atom stereocenters. The SMILES string of the molecule is O=[N+]([O-])c1cnn2c1C(O)CCC2. The van der Waals surface area contributed by atoms with Gasteiger partial charge in [-0.05, 0) is 12.8 Å². The third-order valence-electron chi connectivity index (χ3n) is 2.22. The molecule has 0 bridgehead atoms. The van der Waals surface area contributed by atoms with Gasteiger partial charge in [0.25, 0.3) is 0 Å². The van der Waals surface area contributed by atoms with Crippen molar-refractivity contribution in [3.63, 3.8) is 0 Å². The summed E-state index contributed by atoms with van der Waals surface area (Å²) in [6, 6.07) is 0. The third kappa shape index (κ3) is 1.19. The van der Waals surface area contributed by atoms with Crippen molar-refractivity contribution < 1.29 is 10.0 Å². The normalized spacial score (nSPS) is 21.2. The molecule has 0 saturated carbocycles. The van der Waals surface area contributed by atoms with E-state index in [4.69, 9.17) is 0 Å². The number of nitrogens with zero attached hydrogens (tertiary/aromatic N) is 3. The molecule has 0 radical (unpaired) electrons. The number of nitro groups is 1. The van der Waals surface area contributed by atoms with Crippen molar-refractivity contribution in [2.45, 2.75) is 25.5 Å². The molecule has 0 aromatic carbocycles. The van der Waals surface area contributed by atoms with Gasteiger partial charge in [-0.25, -0.2) is 0 Å². The maximum atomic E-state index is 10.5. The summed E-state index contributed by atoms with van der Waals surface area (Å²) < 4.78 is 1.51. The molecule has 1 N–H and O–H groups in total. The van der Waals surface area contributed by atoms with E-state index >= 15 is 0 Å². The lowest BCUT2D eigenvalue weighted by Crippen LogP contribution is -2.16. The molecule has 1 aromatic heterocycles. The van der Waals surface area contributed by atoms with E-state index in [1.54, 1.807) is 0 Å². The Morgan fingerprint density at radius 2 is 2.54 bits per heavy atom. The standard InChI is InChI=1S/C7H9N3O3/c11-6-2-1-3-9-7(6)5(4-8-9)10(12)13/h4,6,11H,1-3H2. The average molecular weight is 183 g/mol. The molecular formula is C7H9N3O3. The molecule has 0 saturated heterocycles. The number of aryl methyl sites for hydroxylation is 1. The van der Waals surface area contributed by atoms with Gasteiger partial charge in [-0.3, -0.25) is 14.8 Å². The second-order valence-corrected chi connectivity index (χ2v) is 3.05. The van der Waals surface area contributed by atoms with Crippen LogP contribution >= 0.6 is 0 Å². The van der Waals surface area contributed by atoms with Crippen LogP contribution in [-0.2, 0) is 6.54 Å². The van der Waals surface area contributed by atoms with Crippen LogP contribution in [0.2, 0.25) is 0 Å². The Hall–Kier alpha value is -1.43. The largest absolute Gasteiger partial charge is 0.387 e. The number of aliphatic hydroxyl groups excluding tert-OH is 1. The van der Waals surface area contributed by atoms with E-state index in [0.29, 0.717) is 18.7 Å². The van der Waals surface area contributed by atoms with Gasteiger partial charge in [-0.2, -0.15) is 5.10 Å². The fraction of sp³-hybridized carbons (Fsp3) is 0.571. The van der Waals surface area contributed by atoms with Gasteiger partial charge in [0, 0.05) is 6.54 Å². The Morgan fingerprint density at radius 3 is 3.23 bits per heavy atom. The van der Waals surface area contributed by atoms with Gasteiger partial charge >= 0.3 is 5.69 Å². The molecule has 1 aliphatic heterocycles. The zero-order chi connectivity index (χ0) is 9.42. The molecule has 6 nitrogen and oxygen atoms in total. The van der Waals surface area contributed by atoms with Gasteiger partial charge in [0.15, 0.2) is 0 Å². The van der Waals surface area contributed by atoms with Crippen LogP contribution in [0, 0.1) is 10.1 Å². The topological polar surface area (TPSA) is 81.2 Å². The van der Waals surface area contributed by atoms with Crippen molar-refractivity contribution in [3.8, 4) is 0 Å². The molecular weight excluding hydrogens is 174 g/mol. The first-order valence-electron chi connectivity index (χ1n) is 4.08. The lowest BCUT2D eigenvalue weighted by Gasteiger charge is -2.17. The Kier molecular flexibility index (Phi) is 1.77. The molecule has 6 heteroatoms. The summed E-state index contributed by atoms with van der Waals surface area (Å²) in [6.07, 6.45) is 1.85. The van der Waals surface area contributed by atoms with Crippen molar-refractivity contribution in [1.82, 2.24) is 9.78 Å². The highest BCUT2D eigenvalue weighted by Crippen LogP contribution is 2.31. The maximum absolute atomic E-state index is 10.5. The summed E-state index contributed by atoms with van der Waals surface area (Å²) in [5.74, 6) is 0. The molecule has 0 amide bonds. The van der Waals surface area contributed by atoms with Crippen molar-refractivity contribution >= 4 is 5.69 Å². The van der Waals surface area contributed by atoms with Crippen LogP contribution in [0.1, 0.15) is 24.6 Å². The summed E-state index contributed by atoms with van der Waals surface area (Å²) in [6.45, 7) is 0.653. The predicted octanol–water partition coefficient (Wildman–Crippen LogP) is 0.618. The molecule has 2 heterocycles. The molecule has 0 spiro atoms. The third-order valence-corrected chi connectivity index (χ3v) is 2.22. The molecule has 0 aliphatic carbocycles. The van der Waals surface area contributed by atoms with Gasteiger partial charge in [0.1, 0.15) is 18.0 Å². The zero-order valence-electron chi connectivity index (χ0n) is 6.88. The van der Waals surface area contributed by atoms with Crippen molar-refractivity contribution in [2.24, 2.45) is 0 Å². The number of fused-ring (bicyclic) bond motifs is 1. The zero-order valence-corrected chi connectivity index (χ0v) is 6.88. The fourth-order valence-corrected chi connectivity index (χ4v) is 1.62. The number of hydrogen-bond donors (Lipinski definition) is 1. The molecule has 2 rings (SSSR count). The van der Waals surface area contributed by atoms with Gasteiger partial charge in [-0.1, -0.05) is 0 Å². The van der Waals surface area contributed by atoms with Crippen LogP contribution in [0.3, 0.4) is 0 Å². The lowest BCUT2D eigenvalue weighted by atomic mass is 10.1. The highest BCUT2D eigenvalue weighted by Gasteiger charge is 2.29. The van der Waals surface area contributed by atoms with E-state index in [1.807, 2.05) is 0 Å². The van der Waals surface area contributed by atoms with Crippen molar-refractivity contribution in [2.75, 3.05) is 0 Å². The number of aliphatic hydroxyl groups is 1. The van der Waals surface area contributed by atoms with E-state index in [0.717, 1.165) is 6.42 Å². The van der Waals surface area contributed by atoms with Crippen LogP contribution < -0.4 is 0 Å². The second kappa shape index (κ2) is 2.81. The molecule has 70 valence electrons. The van der Waals surface area contributed by atoms with Crippen LogP contribution in [0.15, 0.2) is 6.20 Å². The van der Waals surface area contributed by atoms with Gasteiger partial charge < -0.3 is 5.11 Å². The Labute approximate surface area is 73.9 Å². The van der Waals surface area contributed by atoms with Crippen LogP contribution in [0.4, 0.5) is 5.69 Å². The minimum Gasteiger partial charge on any atom is -0.387 e. The van der Waals surface area contributed by atoms with E-state index in [9.17, 15) is 15.2 Å². The first kappa shape index (κ1) is 8.18. The Bertz CT molecular complexity index is 347. The smallest absolute Gasteiger partial charge is 0.312 e. The summed E-state index contributed by atoms with van der Waals surface area (Å²) in [5, 5.41) is 23.9. The molecule has 0 fully saturated rings. The van der Waals surface area contributed by atoms with E-state index in [1.165, 1.54) is 10.9 Å². The number of aromatic nitrogens is 2. The first-order chi connectivity index (χ1) is 6.20. The first-order valence-corrected chi connectivity index (χ1v) is 4.08. The summed E-state index contributed by atoms with van der Waals surface area (Å²) >= 11 is 0. The van der Waals surface area contributed by atoms with E-state index in [2.05, 4.69) is 5.10 Å². The molecule has 1 aromatic rings. The van der Waals surface area contributed by atoms with Crippen LogP contribution in [0.25, 0.3) is 0 Å². The molecule has 1 aliphatic rings. The Balaban J connectivity index is 2.50. The highest BCUT2D eigenvalue weighted by atomic mass is 16.6. The fourth-order valence-electron chi connectivity index (χ4n) is 1.62. The predicted molar refractivity (Wildman–Crippen MR) is 43.1 cm³/mol. The van der Waals surface area contributed by atoms with Crippen molar-refractivity contribution in [3.05, 3.63) is 22.0 Å². The monoisotopic (exact) mass is 183 g/mol. The number of hydrogen-bond acceptors (Lipinski definition) is 4. The van der Waals surface area contributed by atoms with E-state index in [-0.39, 0.29) is 5.69 Å². The highest BCUT2D eigenvalue weighted by molar-refractivity contribution is 5.35.